The van der Waals surface area contributed by atoms with Gasteiger partial charge >= 0.3 is 0 Å². The molecule has 1 aliphatic rings. The first-order valence-corrected chi connectivity index (χ1v) is 11.8. The third-order valence-electron chi connectivity index (χ3n) is 5.95. The highest BCUT2D eigenvalue weighted by Gasteiger charge is 2.26. The van der Waals surface area contributed by atoms with Crippen LogP contribution < -0.4 is 5.32 Å². The van der Waals surface area contributed by atoms with Gasteiger partial charge in [-0.25, -0.2) is 13.8 Å². The number of halogens is 2. The van der Waals surface area contributed by atoms with E-state index in [9.17, 15) is 13.6 Å². The number of carbonyl (C=O) groups is 1. The van der Waals surface area contributed by atoms with Gasteiger partial charge in [0.1, 0.15) is 11.6 Å². The van der Waals surface area contributed by atoms with Crippen molar-refractivity contribution in [3.8, 4) is 11.3 Å². The molecule has 1 amide bonds. The van der Waals surface area contributed by atoms with Crippen LogP contribution in [0.25, 0.3) is 11.3 Å². The number of thiophene rings is 1. The Balaban J connectivity index is 1.32. The Morgan fingerprint density at radius 3 is 2.69 bits per heavy atom. The van der Waals surface area contributed by atoms with E-state index in [2.05, 4.69) is 33.6 Å². The van der Waals surface area contributed by atoms with Crippen LogP contribution in [-0.4, -0.2) is 35.4 Å². The highest BCUT2D eigenvalue weighted by atomic mass is 32.1. The van der Waals surface area contributed by atoms with Gasteiger partial charge in [0.05, 0.1) is 17.8 Å². The van der Waals surface area contributed by atoms with Gasteiger partial charge in [0.2, 0.25) is 5.91 Å². The monoisotopic (exact) mass is 459 g/mol. The quantitative estimate of drug-likeness (QED) is 0.503. The number of amides is 1. The van der Waals surface area contributed by atoms with Crippen LogP contribution in [0.5, 0.6) is 0 Å². The molecule has 8 heteroatoms. The normalized spacial score (nSPS) is 16.2. The SMILES string of the molecule is CC1CCN([C@H](CNC(=O)CCc2ncc(-c3c(F)cccc3F)o2)c2cccs2)CC1. The maximum atomic E-state index is 13.9. The fourth-order valence-electron chi connectivity index (χ4n) is 4.02. The Labute approximate surface area is 190 Å². The Kier molecular flexibility index (Phi) is 7.32. The van der Waals surface area contributed by atoms with Gasteiger partial charge in [0, 0.05) is 24.3 Å². The molecule has 1 aromatic carbocycles. The van der Waals surface area contributed by atoms with E-state index in [-0.39, 0.29) is 42.0 Å². The molecule has 3 aromatic rings. The van der Waals surface area contributed by atoms with E-state index in [1.165, 1.54) is 42.1 Å². The molecule has 3 heterocycles. The van der Waals surface area contributed by atoms with Crippen LogP contribution in [0.3, 0.4) is 0 Å². The lowest BCUT2D eigenvalue weighted by Crippen LogP contribution is -2.41. The molecule has 0 radical (unpaired) electrons. The molecule has 32 heavy (non-hydrogen) atoms. The summed E-state index contributed by atoms with van der Waals surface area (Å²) in [7, 11) is 0. The molecular formula is C24H27F2N3O2S. The van der Waals surface area contributed by atoms with Gasteiger partial charge in [-0.3, -0.25) is 9.69 Å². The van der Waals surface area contributed by atoms with Crippen LogP contribution in [-0.2, 0) is 11.2 Å². The molecule has 0 aliphatic carbocycles. The first-order valence-electron chi connectivity index (χ1n) is 10.9. The summed E-state index contributed by atoms with van der Waals surface area (Å²) in [6.07, 6.45) is 4.08. The Morgan fingerprint density at radius 2 is 2.00 bits per heavy atom. The number of benzene rings is 1. The fourth-order valence-corrected chi connectivity index (χ4v) is 4.89. The van der Waals surface area contributed by atoms with Crippen LogP contribution in [0.2, 0.25) is 0 Å². The number of nitrogens with one attached hydrogen (secondary N) is 1. The summed E-state index contributed by atoms with van der Waals surface area (Å²) in [4.78, 5) is 20.3. The van der Waals surface area contributed by atoms with Crippen LogP contribution in [0, 0.1) is 17.6 Å². The third kappa shape index (κ3) is 5.42. The maximum absolute atomic E-state index is 13.9. The number of aryl methyl sites for hydroxylation is 1. The molecule has 4 rings (SSSR count). The zero-order chi connectivity index (χ0) is 22.5. The van der Waals surface area contributed by atoms with Gasteiger partial charge in [-0.2, -0.15) is 0 Å². The molecular weight excluding hydrogens is 432 g/mol. The average Bonchev–Trinajstić information content (AvgIpc) is 3.46. The second-order valence-electron chi connectivity index (χ2n) is 8.27. The summed E-state index contributed by atoms with van der Waals surface area (Å²) in [6, 6.07) is 7.96. The second kappa shape index (κ2) is 10.4. The van der Waals surface area contributed by atoms with Crippen LogP contribution in [0.1, 0.15) is 43.0 Å². The molecule has 0 bridgehead atoms. The van der Waals surface area contributed by atoms with Gasteiger partial charge in [-0.1, -0.05) is 19.1 Å². The van der Waals surface area contributed by atoms with Crippen molar-refractivity contribution in [2.75, 3.05) is 19.6 Å². The van der Waals surface area contributed by atoms with E-state index in [1.807, 2.05) is 6.07 Å². The number of hydrogen-bond donors (Lipinski definition) is 1. The van der Waals surface area contributed by atoms with Crippen LogP contribution in [0.4, 0.5) is 8.78 Å². The van der Waals surface area contributed by atoms with Gasteiger partial charge < -0.3 is 9.73 Å². The first kappa shape index (κ1) is 22.6. The molecule has 0 spiro atoms. The van der Waals surface area contributed by atoms with Crippen LogP contribution in [0.15, 0.2) is 46.3 Å². The van der Waals surface area contributed by atoms with E-state index in [0.717, 1.165) is 19.0 Å². The lowest BCUT2D eigenvalue weighted by molar-refractivity contribution is -0.121. The molecule has 5 nitrogen and oxygen atoms in total. The molecule has 0 unspecified atom stereocenters. The first-order chi connectivity index (χ1) is 15.5. The minimum Gasteiger partial charge on any atom is -0.441 e. The zero-order valence-corrected chi connectivity index (χ0v) is 18.8. The molecule has 1 atom stereocenters. The Morgan fingerprint density at radius 1 is 1.25 bits per heavy atom. The molecule has 1 N–H and O–H groups in total. The summed E-state index contributed by atoms with van der Waals surface area (Å²) in [5.41, 5.74) is -0.245. The largest absolute Gasteiger partial charge is 0.441 e. The van der Waals surface area contributed by atoms with Crippen LogP contribution >= 0.6 is 11.3 Å². The highest BCUT2D eigenvalue weighted by molar-refractivity contribution is 7.10. The van der Waals surface area contributed by atoms with Gasteiger partial charge in [-0.15, -0.1) is 11.3 Å². The Hall–Kier alpha value is -2.58. The van der Waals surface area contributed by atoms with E-state index in [4.69, 9.17) is 4.42 Å². The number of oxazole rings is 1. The predicted molar refractivity (Wildman–Crippen MR) is 120 cm³/mol. The van der Waals surface area contributed by atoms with Crippen molar-refractivity contribution in [2.45, 2.75) is 38.6 Å². The summed E-state index contributed by atoms with van der Waals surface area (Å²) in [5, 5.41) is 5.11. The van der Waals surface area contributed by atoms with Crippen molar-refractivity contribution in [3.63, 3.8) is 0 Å². The standard InChI is InChI=1S/C24H27F2N3O2S/c1-16-9-11-29(12-10-16)19(21-6-3-13-32-21)14-27-22(30)7-8-23-28-15-20(31-23)24-17(25)4-2-5-18(24)26/h2-6,13,15-16,19H,7-12,14H2,1H3,(H,27,30)/t19-/m1/s1. The van der Waals surface area contributed by atoms with Gasteiger partial charge in [0.25, 0.3) is 0 Å². The van der Waals surface area contributed by atoms with Crippen molar-refractivity contribution in [2.24, 2.45) is 5.92 Å². The number of carbonyl (C=O) groups excluding carboxylic acids is 1. The molecule has 1 aliphatic heterocycles. The highest BCUT2D eigenvalue weighted by Crippen LogP contribution is 2.29. The average molecular weight is 460 g/mol. The maximum Gasteiger partial charge on any atom is 0.220 e. The summed E-state index contributed by atoms with van der Waals surface area (Å²) in [6.45, 7) is 4.90. The number of aromatic nitrogens is 1. The van der Waals surface area contributed by atoms with E-state index in [1.54, 1.807) is 11.3 Å². The van der Waals surface area contributed by atoms with Gasteiger partial charge in [0.15, 0.2) is 11.7 Å². The van der Waals surface area contributed by atoms with Crippen molar-refractivity contribution in [3.05, 3.63) is 64.3 Å². The Bertz CT molecular complexity index is 1010. The molecule has 1 fully saturated rings. The minimum atomic E-state index is -0.711. The summed E-state index contributed by atoms with van der Waals surface area (Å²) >= 11 is 1.71. The van der Waals surface area contributed by atoms with Gasteiger partial charge in [-0.05, 0) is 55.4 Å². The lowest BCUT2D eigenvalue weighted by atomic mass is 9.97. The number of hydrogen-bond acceptors (Lipinski definition) is 5. The lowest BCUT2D eigenvalue weighted by Gasteiger charge is -2.36. The minimum absolute atomic E-state index is 0.0214. The third-order valence-corrected chi connectivity index (χ3v) is 6.93. The predicted octanol–water partition coefficient (Wildman–Crippen LogP) is 5.20. The summed E-state index contributed by atoms with van der Waals surface area (Å²) < 4.78 is 33.4. The molecule has 2 aromatic heterocycles. The topological polar surface area (TPSA) is 58.4 Å². The molecule has 170 valence electrons. The van der Waals surface area contributed by atoms with Crippen molar-refractivity contribution >= 4 is 17.2 Å². The zero-order valence-electron chi connectivity index (χ0n) is 18.0. The molecule has 0 saturated carbocycles. The van der Waals surface area contributed by atoms with E-state index in [0.29, 0.717) is 6.54 Å². The van der Waals surface area contributed by atoms with Crippen molar-refractivity contribution in [1.29, 1.82) is 0 Å². The summed E-state index contributed by atoms with van der Waals surface area (Å²) in [5.74, 6) is -0.484. The smallest absolute Gasteiger partial charge is 0.220 e. The van der Waals surface area contributed by atoms with E-state index >= 15 is 0 Å². The van der Waals surface area contributed by atoms with Crippen molar-refractivity contribution in [1.82, 2.24) is 15.2 Å². The van der Waals surface area contributed by atoms with E-state index < -0.39 is 11.6 Å². The van der Waals surface area contributed by atoms with Crippen molar-refractivity contribution < 1.29 is 18.0 Å². The second-order valence-corrected chi connectivity index (χ2v) is 9.25. The number of piperidine rings is 1. The number of likely N-dealkylation sites (tertiary alicyclic amines) is 1. The number of rotatable bonds is 8. The number of nitrogens with zero attached hydrogens (tertiary/aromatic N) is 2. The fraction of sp³-hybridized carbons (Fsp3) is 0.417. The molecule has 1 saturated heterocycles.